The van der Waals surface area contributed by atoms with Crippen LogP contribution in [-0.2, 0) is 4.79 Å². The molecular weight excluding hydrogens is 372 g/mol. The van der Waals surface area contributed by atoms with Crippen LogP contribution in [0.2, 0.25) is 0 Å². The molecule has 0 aliphatic carbocycles. The highest BCUT2D eigenvalue weighted by molar-refractivity contribution is 7.18. The zero-order valence-electron chi connectivity index (χ0n) is 15.5. The molecule has 2 aromatic carbocycles. The summed E-state index contributed by atoms with van der Waals surface area (Å²) in [5.41, 5.74) is 1.67. The highest BCUT2D eigenvalue weighted by Gasteiger charge is 2.32. The Kier molecular flexibility index (Phi) is 5.64. The quantitative estimate of drug-likeness (QED) is 0.636. The van der Waals surface area contributed by atoms with Gasteiger partial charge in [0.15, 0.2) is 11.6 Å². The van der Waals surface area contributed by atoms with E-state index in [1.165, 1.54) is 9.60 Å². The summed E-state index contributed by atoms with van der Waals surface area (Å²) in [6.45, 7) is 1.18. The molecule has 6 nitrogen and oxygen atoms in total. The van der Waals surface area contributed by atoms with Crippen molar-refractivity contribution in [2.45, 2.75) is 25.3 Å². The predicted molar refractivity (Wildman–Crippen MR) is 111 cm³/mol. The van der Waals surface area contributed by atoms with E-state index in [1.807, 2.05) is 36.4 Å². The van der Waals surface area contributed by atoms with E-state index >= 15 is 0 Å². The molecule has 1 unspecified atom stereocenters. The molecule has 1 saturated heterocycles. The number of quaternary nitrogens is 1. The second-order valence-electron chi connectivity index (χ2n) is 7.02. The van der Waals surface area contributed by atoms with Gasteiger partial charge in [0.1, 0.15) is 6.04 Å². The first-order valence-electron chi connectivity index (χ1n) is 9.55. The molecule has 1 aliphatic rings. The Morgan fingerprint density at radius 1 is 1.07 bits per heavy atom. The third-order valence-electron chi connectivity index (χ3n) is 5.01. The number of imide groups is 1. The fourth-order valence-corrected chi connectivity index (χ4v) is 4.85. The van der Waals surface area contributed by atoms with Crippen LogP contribution in [0, 0.1) is 0 Å². The summed E-state index contributed by atoms with van der Waals surface area (Å²) >= 11 is 1.71. The molecule has 28 heavy (non-hydrogen) atoms. The maximum absolute atomic E-state index is 12.5. The lowest BCUT2D eigenvalue weighted by Crippen LogP contribution is -3.14. The largest absolute Gasteiger partial charge is 0.326 e. The van der Waals surface area contributed by atoms with Crippen molar-refractivity contribution in [3.63, 3.8) is 0 Å². The second kappa shape index (κ2) is 8.50. The number of urea groups is 1. The number of carbonyl (C=O) groups is 2. The Labute approximate surface area is 167 Å². The van der Waals surface area contributed by atoms with Crippen molar-refractivity contribution in [2.75, 3.05) is 18.4 Å². The second-order valence-corrected chi connectivity index (χ2v) is 8.08. The smallest absolute Gasteiger partial charge is 0.319 e. The molecule has 3 amide bonds. The molecule has 7 heteroatoms. The number of para-hydroxylation sites is 2. The molecule has 0 saturated carbocycles. The molecule has 4 rings (SSSR count). The lowest BCUT2D eigenvalue weighted by atomic mass is 10.0. The summed E-state index contributed by atoms with van der Waals surface area (Å²) in [5.74, 6) is -0.267. The highest BCUT2D eigenvalue weighted by Crippen LogP contribution is 2.28. The van der Waals surface area contributed by atoms with E-state index < -0.39 is 6.03 Å². The van der Waals surface area contributed by atoms with Crippen LogP contribution in [0.15, 0.2) is 54.6 Å². The number of thiazole rings is 1. The van der Waals surface area contributed by atoms with Crippen LogP contribution in [0.5, 0.6) is 0 Å². The highest BCUT2D eigenvalue weighted by atomic mass is 32.1. The molecule has 3 aromatic rings. The van der Waals surface area contributed by atoms with Crippen LogP contribution in [-0.4, -0.2) is 30.0 Å². The van der Waals surface area contributed by atoms with Gasteiger partial charge in [-0.05, 0) is 37.1 Å². The topological polar surface area (TPSA) is 75.5 Å². The Morgan fingerprint density at radius 2 is 1.86 bits per heavy atom. The van der Waals surface area contributed by atoms with Crippen LogP contribution >= 0.6 is 11.3 Å². The van der Waals surface area contributed by atoms with E-state index in [4.69, 9.17) is 4.98 Å². The first-order valence-corrected chi connectivity index (χ1v) is 10.4. The van der Waals surface area contributed by atoms with Gasteiger partial charge in [-0.2, -0.15) is 0 Å². The van der Waals surface area contributed by atoms with Crippen molar-refractivity contribution in [3.05, 3.63) is 59.6 Å². The summed E-state index contributed by atoms with van der Waals surface area (Å²) in [5, 5.41) is 6.21. The van der Waals surface area contributed by atoms with Crippen LogP contribution in [0.3, 0.4) is 0 Å². The molecular formula is C21H23N4O2S+. The first-order chi connectivity index (χ1) is 13.7. The number of hydrogen-bond acceptors (Lipinski definition) is 4. The fourth-order valence-electron chi connectivity index (χ4n) is 3.69. The van der Waals surface area contributed by atoms with E-state index in [1.54, 1.807) is 23.5 Å². The monoisotopic (exact) mass is 395 g/mol. The van der Waals surface area contributed by atoms with Gasteiger partial charge in [-0.1, -0.05) is 30.3 Å². The molecule has 1 aliphatic heterocycles. The van der Waals surface area contributed by atoms with Crippen LogP contribution in [0.1, 0.15) is 30.3 Å². The number of amides is 3. The molecule has 0 bridgehead atoms. The Bertz CT molecular complexity index is 940. The van der Waals surface area contributed by atoms with Crippen molar-refractivity contribution < 1.29 is 14.5 Å². The lowest BCUT2D eigenvalue weighted by Gasteiger charge is -2.30. The van der Waals surface area contributed by atoms with Crippen LogP contribution in [0.25, 0.3) is 10.2 Å². The Hall–Kier alpha value is -2.77. The average molecular weight is 396 g/mol. The number of fused-ring (bicyclic) bond motifs is 1. The average Bonchev–Trinajstić information content (AvgIpc) is 3.13. The summed E-state index contributed by atoms with van der Waals surface area (Å²) < 4.78 is 1.18. The van der Waals surface area contributed by atoms with Crippen LogP contribution in [0.4, 0.5) is 10.5 Å². The Morgan fingerprint density at radius 3 is 2.68 bits per heavy atom. The van der Waals surface area contributed by atoms with E-state index in [2.05, 4.69) is 16.7 Å². The van der Waals surface area contributed by atoms with Gasteiger partial charge in [0.2, 0.25) is 0 Å². The summed E-state index contributed by atoms with van der Waals surface area (Å²) in [4.78, 5) is 30.5. The Balaban J connectivity index is 1.40. The van der Waals surface area contributed by atoms with Crippen molar-refractivity contribution in [3.8, 4) is 0 Å². The minimum Gasteiger partial charge on any atom is -0.319 e. The summed E-state index contributed by atoms with van der Waals surface area (Å²) in [7, 11) is 0. The number of rotatable bonds is 4. The molecule has 3 N–H and O–H groups in total. The normalized spacial score (nSPS) is 19.3. The SMILES string of the molecule is O=C(C[NH+]1CCCC[C@@H]1c1nc2ccccc2s1)NC(=O)Nc1ccccc1. The van der Waals surface area contributed by atoms with Gasteiger partial charge < -0.3 is 10.2 Å². The molecule has 1 aromatic heterocycles. The van der Waals surface area contributed by atoms with E-state index in [9.17, 15) is 9.59 Å². The lowest BCUT2D eigenvalue weighted by molar-refractivity contribution is -0.929. The molecule has 144 valence electrons. The number of nitrogens with one attached hydrogen (secondary N) is 3. The number of anilines is 1. The number of piperidine rings is 1. The fraction of sp³-hybridized carbons (Fsp3) is 0.286. The molecule has 0 radical (unpaired) electrons. The molecule has 2 atom stereocenters. The van der Waals surface area contributed by atoms with Gasteiger partial charge in [0, 0.05) is 12.1 Å². The molecule has 1 fully saturated rings. The van der Waals surface area contributed by atoms with Crippen molar-refractivity contribution in [1.29, 1.82) is 0 Å². The van der Waals surface area contributed by atoms with Crippen LogP contribution < -0.4 is 15.5 Å². The van der Waals surface area contributed by atoms with Crippen molar-refractivity contribution in [1.82, 2.24) is 10.3 Å². The van der Waals surface area contributed by atoms with E-state index in [0.717, 1.165) is 36.3 Å². The van der Waals surface area contributed by atoms with Crippen molar-refractivity contribution >= 4 is 39.2 Å². The molecule has 2 heterocycles. The van der Waals surface area contributed by atoms with Gasteiger partial charge in [-0.25, -0.2) is 9.78 Å². The van der Waals surface area contributed by atoms with Crippen molar-refractivity contribution in [2.24, 2.45) is 0 Å². The van der Waals surface area contributed by atoms with Gasteiger partial charge in [-0.3, -0.25) is 10.1 Å². The van der Waals surface area contributed by atoms with E-state index in [-0.39, 0.29) is 18.5 Å². The maximum atomic E-state index is 12.5. The van der Waals surface area contributed by atoms with Gasteiger partial charge in [-0.15, -0.1) is 11.3 Å². The van der Waals surface area contributed by atoms with E-state index in [0.29, 0.717) is 5.69 Å². The zero-order valence-corrected chi connectivity index (χ0v) is 16.3. The number of aromatic nitrogens is 1. The third kappa shape index (κ3) is 4.37. The van der Waals surface area contributed by atoms with Gasteiger partial charge in [0.25, 0.3) is 5.91 Å². The molecule has 0 spiro atoms. The predicted octanol–water partition coefficient (Wildman–Crippen LogP) is 2.75. The minimum atomic E-state index is -0.496. The number of hydrogen-bond donors (Lipinski definition) is 3. The van der Waals surface area contributed by atoms with Gasteiger partial charge in [0.05, 0.1) is 16.8 Å². The maximum Gasteiger partial charge on any atom is 0.326 e. The number of nitrogens with zero attached hydrogens (tertiary/aromatic N) is 1. The number of carbonyl (C=O) groups excluding carboxylic acids is 2. The standard InChI is InChI=1S/C21H22N4O2S/c26-19(24-21(27)22-15-8-2-1-3-9-15)14-25-13-7-6-11-17(25)20-23-16-10-4-5-12-18(16)28-20/h1-5,8-10,12,17H,6-7,11,13-14H2,(H2,22,24,26,27)/p+1/t17-/m1/s1. The summed E-state index contributed by atoms with van der Waals surface area (Å²) in [6, 6.07) is 16.9. The number of likely N-dealkylation sites (tertiary alicyclic amines) is 1. The first kappa shape index (κ1) is 18.6. The zero-order chi connectivity index (χ0) is 19.3. The van der Waals surface area contributed by atoms with Gasteiger partial charge >= 0.3 is 6.03 Å². The minimum absolute atomic E-state index is 0.203. The number of benzene rings is 2. The summed E-state index contributed by atoms with van der Waals surface area (Å²) in [6.07, 6.45) is 3.24. The third-order valence-corrected chi connectivity index (χ3v) is 6.16.